The van der Waals surface area contributed by atoms with Gasteiger partial charge in [0, 0.05) is 12.4 Å². The van der Waals surface area contributed by atoms with E-state index < -0.39 is 0 Å². The molecule has 2 rings (SSSR count). The second kappa shape index (κ2) is 2.65. The Kier molecular flexibility index (Phi) is 1.51. The van der Waals surface area contributed by atoms with Gasteiger partial charge in [-0.25, -0.2) is 0 Å². The quantitative estimate of drug-likeness (QED) is 0.672. The molecule has 4 nitrogen and oxygen atoms in total. The third kappa shape index (κ3) is 1.03. The molecule has 0 saturated heterocycles. The minimum Gasteiger partial charge on any atom is -0.380 e. The maximum atomic E-state index is 5.62. The molecule has 2 heterocycles. The van der Waals surface area contributed by atoms with Gasteiger partial charge in [-0.05, 0) is 18.2 Å². The number of aromatic nitrogens is 3. The molecule has 0 unspecified atom stereocenters. The number of rotatable bonds is 1. The SMILES string of the molecule is Nc1nnccc1-n1cccc1. The monoisotopic (exact) mass is 160 g/mol. The van der Waals surface area contributed by atoms with Crippen LogP contribution in [0.2, 0.25) is 0 Å². The summed E-state index contributed by atoms with van der Waals surface area (Å²) in [7, 11) is 0. The van der Waals surface area contributed by atoms with Crippen molar-refractivity contribution >= 4 is 5.82 Å². The second-order valence-electron chi connectivity index (χ2n) is 2.39. The van der Waals surface area contributed by atoms with Crippen molar-refractivity contribution in [3.8, 4) is 5.69 Å². The lowest BCUT2D eigenvalue weighted by Crippen LogP contribution is -2.00. The first kappa shape index (κ1) is 6.84. The number of hydrogen-bond acceptors (Lipinski definition) is 3. The first-order chi connectivity index (χ1) is 5.88. The lowest BCUT2D eigenvalue weighted by atomic mass is 10.4. The third-order valence-corrected chi connectivity index (χ3v) is 1.61. The van der Waals surface area contributed by atoms with Crippen molar-refractivity contribution in [2.45, 2.75) is 0 Å². The fraction of sp³-hybridized carbons (Fsp3) is 0. The van der Waals surface area contributed by atoms with Crippen LogP contribution in [0.3, 0.4) is 0 Å². The van der Waals surface area contributed by atoms with Crippen LogP contribution < -0.4 is 5.73 Å². The average Bonchev–Trinajstić information content (AvgIpc) is 2.57. The molecule has 0 fully saturated rings. The third-order valence-electron chi connectivity index (χ3n) is 1.61. The summed E-state index contributed by atoms with van der Waals surface area (Å²) in [6.07, 6.45) is 5.44. The minimum atomic E-state index is 0.439. The Morgan fingerprint density at radius 1 is 1.25 bits per heavy atom. The molecule has 0 aliphatic carbocycles. The predicted octanol–water partition coefficient (Wildman–Crippen LogP) is 0.849. The van der Waals surface area contributed by atoms with Gasteiger partial charge < -0.3 is 10.3 Å². The van der Waals surface area contributed by atoms with Crippen LogP contribution in [0.5, 0.6) is 0 Å². The van der Waals surface area contributed by atoms with Gasteiger partial charge in [-0.2, -0.15) is 5.10 Å². The molecule has 0 aliphatic heterocycles. The molecule has 0 atom stereocenters. The van der Waals surface area contributed by atoms with Crippen LogP contribution >= 0.6 is 0 Å². The van der Waals surface area contributed by atoms with Gasteiger partial charge in [-0.1, -0.05) is 0 Å². The van der Waals surface area contributed by atoms with Crippen LogP contribution in [0.4, 0.5) is 5.82 Å². The van der Waals surface area contributed by atoms with Crippen LogP contribution in [0, 0.1) is 0 Å². The minimum absolute atomic E-state index is 0.439. The Morgan fingerprint density at radius 2 is 2.00 bits per heavy atom. The zero-order valence-corrected chi connectivity index (χ0v) is 6.38. The standard InChI is InChI=1S/C8H8N4/c9-8-7(3-4-10-11-8)12-5-1-2-6-12/h1-6H,(H2,9,11). The number of nitrogens with two attached hydrogens (primary N) is 1. The summed E-state index contributed by atoms with van der Waals surface area (Å²) in [6, 6.07) is 5.68. The molecule has 0 aromatic carbocycles. The molecule has 0 spiro atoms. The van der Waals surface area contributed by atoms with E-state index in [0.717, 1.165) is 5.69 Å². The van der Waals surface area contributed by atoms with Gasteiger partial charge in [0.1, 0.15) is 0 Å². The van der Waals surface area contributed by atoms with Gasteiger partial charge in [-0.3, -0.25) is 0 Å². The highest BCUT2D eigenvalue weighted by molar-refractivity contribution is 5.50. The van der Waals surface area contributed by atoms with Crippen LogP contribution in [-0.4, -0.2) is 14.8 Å². The van der Waals surface area contributed by atoms with Crippen LogP contribution in [-0.2, 0) is 0 Å². The Bertz CT molecular complexity index is 366. The highest BCUT2D eigenvalue weighted by atomic mass is 15.1. The highest BCUT2D eigenvalue weighted by Gasteiger charge is 1.99. The Morgan fingerprint density at radius 3 is 2.67 bits per heavy atom. The molecule has 4 heteroatoms. The number of nitrogen functional groups attached to an aromatic ring is 1. The van der Waals surface area contributed by atoms with Crippen molar-refractivity contribution in [2.75, 3.05) is 5.73 Å². The average molecular weight is 160 g/mol. The molecule has 2 N–H and O–H groups in total. The first-order valence-electron chi connectivity index (χ1n) is 3.58. The van der Waals surface area contributed by atoms with Crippen molar-refractivity contribution < 1.29 is 0 Å². The molecule has 2 aromatic heterocycles. The van der Waals surface area contributed by atoms with Crippen molar-refractivity contribution in [2.24, 2.45) is 0 Å². The van der Waals surface area contributed by atoms with Gasteiger partial charge in [0.2, 0.25) is 0 Å². The molecule has 2 aromatic rings. The maximum Gasteiger partial charge on any atom is 0.170 e. The summed E-state index contributed by atoms with van der Waals surface area (Å²) in [4.78, 5) is 0. The van der Waals surface area contributed by atoms with Gasteiger partial charge >= 0.3 is 0 Å². The van der Waals surface area contributed by atoms with E-state index in [4.69, 9.17) is 5.73 Å². The van der Waals surface area contributed by atoms with Crippen LogP contribution in [0.15, 0.2) is 36.8 Å². The van der Waals surface area contributed by atoms with E-state index in [0.29, 0.717) is 5.82 Å². The Labute approximate surface area is 69.7 Å². The smallest absolute Gasteiger partial charge is 0.170 e. The molecule has 12 heavy (non-hydrogen) atoms. The summed E-state index contributed by atoms with van der Waals surface area (Å²) >= 11 is 0. The maximum absolute atomic E-state index is 5.62. The largest absolute Gasteiger partial charge is 0.380 e. The number of anilines is 1. The summed E-state index contributed by atoms with van der Waals surface area (Å²) in [5, 5.41) is 7.41. The van der Waals surface area contributed by atoms with Crippen molar-refractivity contribution in [1.29, 1.82) is 0 Å². The Hall–Kier alpha value is -1.84. The van der Waals surface area contributed by atoms with Gasteiger partial charge in [0.15, 0.2) is 5.82 Å². The molecule has 0 saturated carbocycles. The van der Waals surface area contributed by atoms with E-state index in [1.807, 2.05) is 35.2 Å². The van der Waals surface area contributed by atoms with E-state index in [2.05, 4.69) is 10.2 Å². The second-order valence-corrected chi connectivity index (χ2v) is 2.39. The van der Waals surface area contributed by atoms with E-state index in [9.17, 15) is 0 Å². The summed E-state index contributed by atoms with van der Waals surface area (Å²) in [5.41, 5.74) is 6.47. The fourth-order valence-electron chi connectivity index (χ4n) is 1.05. The van der Waals surface area contributed by atoms with Gasteiger partial charge in [0.25, 0.3) is 0 Å². The molecule has 60 valence electrons. The molecule has 0 bridgehead atoms. The molecule has 0 aliphatic rings. The summed E-state index contributed by atoms with van der Waals surface area (Å²) in [5.74, 6) is 0.439. The zero-order chi connectivity index (χ0) is 8.39. The van der Waals surface area contributed by atoms with E-state index in [1.165, 1.54) is 0 Å². The molecular formula is C8H8N4. The van der Waals surface area contributed by atoms with Crippen molar-refractivity contribution in [3.05, 3.63) is 36.8 Å². The van der Waals surface area contributed by atoms with Crippen molar-refractivity contribution in [1.82, 2.24) is 14.8 Å². The Balaban J connectivity index is 2.55. The first-order valence-corrected chi connectivity index (χ1v) is 3.58. The fourth-order valence-corrected chi connectivity index (χ4v) is 1.05. The molecule has 0 amide bonds. The van der Waals surface area contributed by atoms with Crippen molar-refractivity contribution in [3.63, 3.8) is 0 Å². The highest BCUT2D eigenvalue weighted by Crippen LogP contribution is 2.11. The lowest BCUT2D eigenvalue weighted by molar-refractivity contribution is 0.988. The van der Waals surface area contributed by atoms with E-state index in [1.54, 1.807) is 6.20 Å². The summed E-state index contributed by atoms with van der Waals surface area (Å²) in [6.45, 7) is 0. The van der Waals surface area contributed by atoms with Gasteiger partial charge in [0.05, 0.1) is 11.9 Å². The number of hydrogen-bond donors (Lipinski definition) is 1. The van der Waals surface area contributed by atoms with Gasteiger partial charge in [-0.15, -0.1) is 5.10 Å². The molecular weight excluding hydrogens is 152 g/mol. The van der Waals surface area contributed by atoms with Crippen LogP contribution in [0.25, 0.3) is 5.69 Å². The normalized spacial score (nSPS) is 10.0. The lowest BCUT2D eigenvalue weighted by Gasteiger charge is -2.02. The predicted molar refractivity (Wildman–Crippen MR) is 45.8 cm³/mol. The molecule has 0 radical (unpaired) electrons. The topological polar surface area (TPSA) is 56.7 Å². The summed E-state index contributed by atoms with van der Waals surface area (Å²) < 4.78 is 1.89. The van der Waals surface area contributed by atoms with E-state index in [-0.39, 0.29) is 0 Å². The van der Waals surface area contributed by atoms with E-state index >= 15 is 0 Å². The van der Waals surface area contributed by atoms with Crippen LogP contribution in [0.1, 0.15) is 0 Å². The zero-order valence-electron chi connectivity index (χ0n) is 6.38. The number of nitrogens with zero attached hydrogens (tertiary/aromatic N) is 3.